The summed E-state index contributed by atoms with van der Waals surface area (Å²) in [5.74, 6) is -0.451. The van der Waals surface area contributed by atoms with Gasteiger partial charge in [0.1, 0.15) is 0 Å². The van der Waals surface area contributed by atoms with Crippen molar-refractivity contribution in [2.24, 2.45) is 5.73 Å². The van der Waals surface area contributed by atoms with Crippen LogP contribution in [0.3, 0.4) is 0 Å². The Balaban J connectivity index is 2.30. The Morgan fingerprint density at radius 1 is 1.22 bits per heavy atom. The number of rotatable bonds is 4. The molecule has 23 heavy (non-hydrogen) atoms. The van der Waals surface area contributed by atoms with Crippen LogP contribution >= 0.6 is 12.8 Å². The van der Waals surface area contributed by atoms with Crippen molar-refractivity contribution in [3.63, 3.8) is 0 Å². The van der Waals surface area contributed by atoms with Crippen LogP contribution in [0.5, 0.6) is 0 Å². The predicted molar refractivity (Wildman–Crippen MR) is 97.6 cm³/mol. The second-order valence-corrected chi connectivity index (χ2v) is 6.59. The monoisotopic (exact) mass is 326 g/mol. The van der Waals surface area contributed by atoms with E-state index in [4.69, 9.17) is 18.5 Å². The fourth-order valence-corrected chi connectivity index (χ4v) is 3.55. The molecular formula is C18H20N3OS+. The van der Waals surface area contributed by atoms with Crippen LogP contribution in [0.4, 0.5) is 5.69 Å². The zero-order chi connectivity index (χ0) is 16.6. The number of quaternary nitrogens is 1. The lowest BCUT2D eigenvalue weighted by atomic mass is 9.96. The Labute approximate surface area is 141 Å². The average molecular weight is 326 g/mol. The zero-order valence-electron chi connectivity index (χ0n) is 13.2. The van der Waals surface area contributed by atoms with Crippen LogP contribution < -0.4 is 14.9 Å². The summed E-state index contributed by atoms with van der Waals surface area (Å²) in [4.78, 5) is 12.2. The summed E-state index contributed by atoms with van der Waals surface area (Å²) in [5, 5.41) is 3.15. The van der Waals surface area contributed by atoms with Crippen LogP contribution in [0.15, 0.2) is 54.2 Å². The second kappa shape index (κ2) is 5.85. The molecule has 0 fully saturated rings. The summed E-state index contributed by atoms with van der Waals surface area (Å²) in [6.07, 6.45) is 0. The van der Waals surface area contributed by atoms with E-state index in [-0.39, 0.29) is 3.89 Å². The first-order valence-corrected chi connectivity index (χ1v) is 7.84. The van der Waals surface area contributed by atoms with E-state index in [1.54, 1.807) is 0 Å². The molecule has 4 nitrogen and oxygen atoms in total. The van der Waals surface area contributed by atoms with Crippen molar-refractivity contribution in [1.82, 2.24) is 9.21 Å². The van der Waals surface area contributed by atoms with Crippen molar-refractivity contribution in [3.05, 3.63) is 70.9 Å². The number of nitrogens with two attached hydrogens (primary N) is 1. The summed E-state index contributed by atoms with van der Waals surface area (Å²) in [5.41, 5.74) is 11.2. The van der Waals surface area contributed by atoms with Gasteiger partial charge in [-0.2, -0.15) is 3.89 Å². The number of primary amides is 1. The summed E-state index contributed by atoms with van der Waals surface area (Å²) < 4.78 is 0.0642. The van der Waals surface area contributed by atoms with E-state index < -0.39 is 5.91 Å². The van der Waals surface area contributed by atoms with Crippen LogP contribution in [-0.2, 0) is 11.3 Å². The standard InChI is InChI=1S/C18H19N3OS/c1-20-11-12-8-9-15-14(10-12)16(13-6-4-3-5-7-13)17(18(19)22)21(15,2)23/h3-10,20,23H,11H2,1-2H3,(H-,19,22)/p+1. The van der Waals surface area contributed by atoms with Crippen LogP contribution in [0.25, 0.3) is 5.57 Å². The van der Waals surface area contributed by atoms with E-state index in [2.05, 4.69) is 17.4 Å². The maximum absolute atomic E-state index is 12.2. The van der Waals surface area contributed by atoms with E-state index >= 15 is 0 Å². The summed E-state index contributed by atoms with van der Waals surface area (Å²) in [6, 6.07) is 16.0. The highest BCUT2D eigenvalue weighted by Crippen LogP contribution is 2.48. The molecule has 5 heteroatoms. The normalized spacial score (nSPS) is 19.8. The minimum Gasteiger partial charge on any atom is -0.361 e. The van der Waals surface area contributed by atoms with Crippen LogP contribution in [-0.4, -0.2) is 20.0 Å². The molecule has 1 aliphatic rings. The molecule has 2 aromatic rings. The van der Waals surface area contributed by atoms with Gasteiger partial charge in [-0.25, -0.2) is 0 Å². The van der Waals surface area contributed by atoms with E-state index in [0.717, 1.165) is 34.5 Å². The van der Waals surface area contributed by atoms with Gasteiger partial charge >= 0.3 is 5.91 Å². The molecular weight excluding hydrogens is 306 g/mol. The molecule has 118 valence electrons. The first kappa shape index (κ1) is 15.8. The molecule has 1 amide bonds. The van der Waals surface area contributed by atoms with Gasteiger partial charge in [0, 0.05) is 12.6 Å². The highest BCUT2D eigenvalue weighted by Gasteiger charge is 2.44. The number of benzene rings is 2. The number of thiol groups is 1. The number of carbonyl (C=O) groups excluding carboxylic acids is 1. The van der Waals surface area contributed by atoms with Gasteiger partial charge in [-0.3, -0.25) is 4.79 Å². The molecule has 0 saturated heterocycles. The Morgan fingerprint density at radius 2 is 1.91 bits per heavy atom. The molecule has 1 unspecified atom stereocenters. The quantitative estimate of drug-likeness (QED) is 0.597. The number of carbonyl (C=O) groups is 1. The third-order valence-electron chi connectivity index (χ3n) is 4.15. The highest BCUT2D eigenvalue weighted by atomic mass is 32.1. The number of nitrogens with zero attached hydrogens (tertiary/aromatic N) is 1. The fraction of sp³-hybridized carbons (Fsp3) is 0.167. The van der Waals surface area contributed by atoms with Crippen molar-refractivity contribution in [1.29, 1.82) is 0 Å². The molecule has 0 spiro atoms. The number of amides is 1. The van der Waals surface area contributed by atoms with Gasteiger partial charge in [0.2, 0.25) is 5.70 Å². The molecule has 0 aromatic heterocycles. The molecule has 1 heterocycles. The molecule has 0 radical (unpaired) electrons. The van der Waals surface area contributed by atoms with E-state index in [1.165, 1.54) is 0 Å². The summed E-state index contributed by atoms with van der Waals surface area (Å²) in [7, 11) is 3.78. The first-order chi connectivity index (χ1) is 11.0. The number of hydrogen-bond donors (Lipinski definition) is 3. The lowest BCUT2D eigenvalue weighted by Crippen LogP contribution is -2.38. The molecule has 1 aliphatic heterocycles. The smallest absolute Gasteiger partial charge is 0.304 e. The Kier molecular flexibility index (Phi) is 4.02. The minimum atomic E-state index is -0.451. The predicted octanol–water partition coefficient (Wildman–Crippen LogP) is 2.45. The number of nitrogens with one attached hydrogen (secondary N) is 1. The third kappa shape index (κ3) is 2.57. The molecule has 0 aliphatic carbocycles. The SMILES string of the molecule is CNCc1ccc2c(c1)C(c1ccccc1)=C(C(N)=O)[N+]2(C)S. The maximum atomic E-state index is 12.2. The van der Waals surface area contributed by atoms with Gasteiger partial charge in [-0.1, -0.05) is 36.4 Å². The zero-order valence-corrected chi connectivity index (χ0v) is 14.1. The number of likely N-dealkylation sites (N-methyl/N-ethyl adjacent to an activating group) is 1. The van der Waals surface area contributed by atoms with Crippen LogP contribution in [0.2, 0.25) is 0 Å². The van der Waals surface area contributed by atoms with Crippen molar-refractivity contribution in [2.75, 3.05) is 14.1 Å². The number of hydrogen-bond acceptors (Lipinski definition) is 3. The van der Waals surface area contributed by atoms with Gasteiger partial charge in [0.05, 0.1) is 31.0 Å². The fourth-order valence-electron chi connectivity index (χ4n) is 3.18. The van der Waals surface area contributed by atoms with E-state index in [9.17, 15) is 4.79 Å². The first-order valence-electron chi connectivity index (χ1n) is 7.44. The molecule has 3 rings (SSSR count). The van der Waals surface area contributed by atoms with Gasteiger partial charge in [0.25, 0.3) is 0 Å². The molecule has 0 bridgehead atoms. The molecule has 2 aromatic carbocycles. The Hall–Kier alpha value is -2.08. The molecule has 1 atom stereocenters. The minimum absolute atomic E-state index is 0.0642. The molecule has 3 N–H and O–H groups in total. The van der Waals surface area contributed by atoms with Crippen molar-refractivity contribution in [3.8, 4) is 0 Å². The van der Waals surface area contributed by atoms with Gasteiger partial charge < -0.3 is 11.1 Å². The Bertz CT molecular complexity index is 797. The van der Waals surface area contributed by atoms with Crippen LogP contribution in [0, 0.1) is 0 Å². The maximum Gasteiger partial charge on any atom is 0.304 e. The van der Waals surface area contributed by atoms with E-state index in [1.807, 2.05) is 50.5 Å². The number of fused-ring (bicyclic) bond motifs is 1. The van der Waals surface area contributed by atoms with Gasteiger partial charge in [-0.15, -0.1) is 0 Å². The average Bonchev–Trinajstić information content (AvgIpc) is 2.76. The third-order valence-corrected chi connectivity index (χ3v) is 4.56. The summed E-state index contributed by atoms with van der Waals surface area (Å²) >= 11 is 4.72. The lowest BCUT2D eigenvalue weighted by Gasteiger charge is -2.23. The van der Waals surface area contributed by atoms with Gasteiger partial charge in [0.15, 0.2) is 5.69 Å². The second-order valence-electron chi connectivity index (χ2n) is 5.79. The molecule has 0 saturated carbocycles. The van der Waals surface area contributed by atoms with E-state index in [0.29, 0.717) is 5.70 Å². The van der Waals surface area contributed by atoms with Crippen LogP contribution in [0.1, 0.15) is 16.7 Å². The topological polar surface area (TPSA) is 55.1 Å². The van der Waals surface area contributed by atoms with Crippen molar-refractivity contribution in [2.45, 2.75) is 6.54 Å². The van der Waals surface area contributed by atoms with Crippen molar-refractivity contribution < 1.29 is 4.79 Å². The van der Waals surface area contributed by atoms with Crippen molar-refractivity contribution >= 4 is 30.0 Å². The Morgan fingerprint density at radius 3 is 2.52 bits per heavy atom. The summed E-state index contributed by atoms with van der Waals surface area (Å²) in [6.45, 7) is 0.761. The lowest BCUT2D eigenvalue weighted by molar-refractivity contribution is -0.115. The highest BCUT2D eigenvalue weighted by molar-refractivity contribution is 7.80. The van der Waals surface area contributed by atoms with Gasteiger partial charge in [-0.05, 0) is 24.2 Å². The largest absolute Gasteiger partial charge is 0.361 e.